The quantitative estimate of drug-likeness (QED) is 0.858. The Hall–Kier alpha value is -2.14. The topological polar surface area (TPSA) is 61.0 Å². The van der Waals surface area contributed by atoms with Gasteiger partial charge in [0.25, 0.3) is 0 Å². The number of hydrogen-bond donors (Lipinski definition) is 2. The molecule has 1 aliphatic heterocycles. The standard InChI is InChI=1S/C18H24N4O/c1-14(23)19-11-17-12-20-18(21-17)16-8-10-22(13-16)9-7-15-5-3-2-4-6-15/h2-6,12,16H,7-11,13H2,1H3,(H,19,23)(H,20,21)/t16-/m1/s1. The molecule has 0 saturated carbocycles. The third-order valence-electron chi connectivity index (χ3n) is 4.39. The summed E-state index contributed by atoms with van der Waals surface area (Å²) in [4.78, 5) is 21.3. The minimum Gasteiger partial charge on any atom is -0.351 e. The van der Waals surface area contributed by atoms with Crippen molar-refractivity contribution >= 4 is 5.91 Å². The normalized spacial score (nSPS) is 18.2. The van der Waals surface area contributed by atoms with Crippen LogP contribution in [0.25, 0.3) is 0 Å². The first-order valence-corrected chi connectivity index (χ1v) is 8.25. The maximum absolute atomic E-state index is 11.0. The fourth-order valence-electron chi connectivity index (χ4n) is 3.08. The van der Waals surface area contributed by atoms with E-state index in [0.29, 0.717) is 12.5 Å². The molecule has 0 spiro atoms. The average Bonchev–Trinajstić information content (AvgIpc) is 3.21. The highest BCUT2D eigenvalue weighted by Crippen LogP contribution is 2.25. The molecule has 2 aromatic rings. The number of benzene rings is 1. The van der Waals surface area contributed by atoms with Crippen molar-refractivity contribution in [2.45, 2.75) is 32.2 Å². The predicted octanol–water partition coefficient (Wildman–Crippen LogP) is 2.08. The van der Waals surface area contributed by atoms with Gasteiger partial charge in [-0.05, 0) is 24.9 Å². The number of amides is 1. The molecule has 1 fully saturated rings. The van der Waals surface area contributed by atoms with Gasteiger partial charge in [0.1, 0.15) is 5.82 Å². The van der Waals surface area contributed by atoms with Gasteiger partial charge in [0, 0.05) is 25.9 Å². The minimum atomic E-state index is -0.0193. The molecule has 1 saturated heterocycles. The summed E-state index contributed by atoms with van der Waals surface area (Å²) in [7, 11) is 0. The van der Waals surface area contributed by atoms with Crippen LogP contribution >= 0.6 is 0 Å². The summed E-state index contributed by atoms with van der Waals surface area (Å²) >= 11 is 0. The Labute approximate surface area is 137 Å². The summed E-state index contributed by atoms with van der Waals surface area (Å²) in [5, 5.41) is 2.79. The van der Waals surface area contributed by atoms with E-state index in [-0.39, 0.29) is 5.91 Å². The number of H-pyrrole nitrogens is 1. The number of nitrogens with one attached hydrogen (secondary N) is 2. The van der Waals surface area contributed by atoms with Gasteiger partial charge in [-0.15, -0.1) is 0 Å². The molecule has 0 radical (unpaired) electrons. The number of aromatic nitrogens is 2. The van der Waals surface area contributed by atoms with E-state index in [1.54, 1.807) is 0 Å². The van der Waals surface area contributed by atoms with Crippen LogP contribution in [0, 0.1) is 0 Å². The van der Waals surface area contributed by atoms with Gasteiger partial charge in [-0.3, -0.25) is 4.79 Å². The summed E-state index contributed by atoms with van der Waals surface area (Å²) in [5.74, 6) is 1.50. The van der Waals surface area contributed by atoms with Crippen molar-refractivity contribution in [1.82, 2.24) is 20.2 Å². The van der Waals surface area contributed by atoms with E-state index in [2.05, 4.69) is 50.5 Å². The van der Waals surface area contributed by atoms with E-state index in [4.69, 9.17) is 0 Å². The molecule has 1 aliphatic rings. The zero-order chi connectivity index (χ0) is 16.1. The van der Waals surface area contributed by atoms with E-state index in [0.717, 1.165) is 44.0 Å². The lowest BCUT2D eigenvalue weighted by molar-refractivity contribution is -0.119. The lowest BCUT2D eigenvalue weighted by Crippen LogP contribution is -2.23. The van der Waals surface area contributed by atoms with Crippen LogP contribution in [0.4, 0.5) is 0 Å². The van der Waals surface area contributed by atoms with Crippen molar-refractivity contribution in [1.29, 1.82) is 0 Å². The number of hydrogen-bond acceptors (Lipinski definition) is 3. The maximum atomic E-state index is 11.0. The Balaban J connectivity index is 1.48. The predicted molar refractivity (Wildman–Crippen MR) is 90.1 cm³/mol. The Bertz CT molecular complexity index is 637. The third-order valence-corrected chi connectivity index (χ3v) is 4.39. The number of rotatable bonds is 6. The molecule has 2 heterocycles. The Morgan fingerprint density at radius 3 is 3.00 bits per heavy atom. The molecular formula is C18H24N4O. The first-order valence-electron chi connectivity index (χ1n) is 8.25. The molecule has 3 rings (SSSR count). The number of carbonyl (C=O) groups excluding carboxylic acids is 1. The van der Waals surface area contributed by atoms with Crippen LogP contribution < -0.4 is 5.32 Å². The van der Waals surface area contributed by atoms with Crippen LogP contribution in [0.15, 0.2) is 36.5 Å². The summed E-state index contributed by atoms with van der Waals surface area (Å²) in [5.41, 5.74) is 2.37. The van der Waals surface area contributed by atoms with Crippen LogP contribution in [-0.2, 0) is 17.8 Å². The fraction of sp³-hybridized carbons (Fsp3) is 0.444. The highest BCUT2D eigenvalue weighted by atomic mass is 16.1. The van der Waals surface area contributed by atoms with E-state index in [9.17, 15) is 4.79 Å². The first-order chi connectivity index (χ1) is 11.2. The summed E-state index contributed by atoms with van der Waals surface area (Å²) < 4.78 is 0. The van der Waals surface area contributed by atoms with Crippen molar-refractivity contribution in [3.05, 3.63) is 53.6 Å². The van der Waals surface area contributed by atoms with Crippen molar-refractivity contribution in [3.63, 3.8) is 0 Å². The first kappa shape index (κ1) is 15.7. The van der Waals surface area contributed by atoms with Gasteiger partial charge in [0.05, 0.1) is 18.4 Å². The van der Waals surface area contributed by atoms with Gasteiger partial charge in [-0.25, -0.2) is 4.98 Å². The van der Waals surface area contributed by atoms with Gasteiger partial charge in [-0.1, -0.05) is 30.3 Å². The summed E-state index contributed by atoms with van der Waals surface area (Å²) in [6.45, 7) is 5.32. The Morgan fingerprint density at radius 2 is 2.22 bits per heavy atom. The fourth-order valence-corrected chi connectivity index (χ4v) is 3.08. The van der Waals surface area contributed by atoms with Crippen molar-refractivity contribution in [3.8, 4) is 0 Å². The SMILES string of the molecule is CC(=O)NCc1cnc([C@@H]2CCN(CCc3ccccc3)C2)[nH]1. The van der Waals surface area contributed by atoms with E-state index in [1.807, 2.05) is 6.20 Å². The van der Waals surface area contributed by atoms with Crippen LogP contribution in [0.3, 0.4) is 0 Å². The van der Waals surface area contributed by atoms with Gasteiger partial charge in [-0.2, -0.15) is 0 Å². The number of carbonyl (C=O) groups is 1. The zero-order valence-corrected chi connectivity index (χ0v) is 13.6. The highest BCUT2D eigenvalue weighted by molar-refractivity contribution is 5.72. The number of likely N-dealkylation sites (tertiary alicyclic amines) is 1. The van der Waals surface area contributed by atoms with Crippen molar-refractivity contribution in [2.24, 2.45) is 0 Å². The summed E-state index contributed by atoms with van der Waals surface area (Å²) in [6.07, 6.45) is 4.07. The van der Waals surface area contributed by atoms with Crippen LogP contribution in [0.5, 0.6) is 0 Å². The molecule has 23 heavy (non-hydrogen) atoms. The molecule has 1 amide bonds. The molecule has 1 aromatic carbocycles. The number of aromatic amines is 1. The molecule has 1 atom stereocenters. The molecule has 5 heteroatoms. The van der Waals surface area contributed by atoms with E-state index in [1.165, 1.54) is 12.5 Å². The molecule has 122 valence electrons. The van der Waals surface area contributed by atoms with Crippen molar-refractivity contribution < 1.29 is 4.79 Å². The average molecular weight is 312 g/mol. The smallest absolute Gasteiger partial charge is 0.217 e. The second-order valence-corrected chi connectivity index (χ2v) is 6.23. The summed E-state index contributed by atoms with van der Waals surface area (Å²) in [6, 6.07) is 10.6. The molecule has 0 aliphatic carbocycles. The Morgan fingerprint density at radius 1 is 1.39 bits per heavy atom. The van der Waals surface area contributed by atoms with Crippen LogP contribution in [0.1, 0.15) is 36.3 Å². The molecule has 1 aromatic heterocycles. The van der Waals surface area contributed by atoms with Gasteiger partial charge in [0.2, 0.25) is 5.91 Å². The third kappa shape index (κ3) is 4.42. The molecular weight excluding hydrogens is 288 g/mol. The largest absolute Gasteiger partial charge is 0.351 e. The second-order valence-electron chi connectivity index (χ2n) is 6.23. The van der Waals surface area contributed by atoms with Gasteiger partial charge >= 0.3 is 0 Å². The molecule has 0 unspecified atom stereocenters. The Kier molecular flexibility index (Phi) is 5.08. The number of imidazole rings is 1. The lowest BCUT2D eigenvalue weighted by Gasteiger charge is -2.15. The maximum Gasteiger partial charge on any atom is 0.217 e. The zero-order valence-electron chi connectivity index (χ0n) is 13.6. The van der Waals surface area contributed by atoms with Crippen molar-refractivity contribution in [2.75, 3.05) is 19.6 Å². The monoisotopic (exact) mass is 312 g/mol. The molecule has 5 nitrogen and oxygen atoms in total. The molecule has 0 bridgehead atoms. The molecule has 2 N–H and O–H groups in total. The second kappa shape index (κ2) is 7.42. The van der Waals surface area contributed by atoms with Crippen LogP contribution in [-0.4, -0.2) is 40.4 Å². The van der Waals surface area contributed by atoms with E-state index >= 15 is 0 Å². The number of nitrogens with zero attached hydrogens (tertiary/aromatic N) is 2. The van der Waals surface area contributed by atoms with Gasteiger partial charge in [0.15, 0.2) is 0 Å². The minimum absolute atomic E-state index is 0.0193. The van der Waals surface area contributed by atoms with Crippen LogP contribution in [0.2, 0.25) is 0 Å². The van der Waals surface area contributed by atoms with E-state index < -0.39 is 0 Å². The van der Waals surface area contributed by atoms with Gasteiger partial charge < -0.3 is 15.2 Å². The highest BCUT2D eigenvalue weighted by Gasteiger charge is 2.25. The lowest BCUT2D eigenvalue weighted by atomic mass is 10.1.